The Hall–Kier alpha value is -3.03. The molecule has 0 unspecified atom stereocenters. The fourth-order valence-corrected chi connectivity index (χ4v) is 2.68. The quantitative estimate of drug-likeness (QED) is 0.768. The van der Waals surface area contributed by atoms with Crippen LogP contribution in [0.3, 0.4) is 0 Å². The lowest BCUT2D eigenvalue weighted by atomic mass is 10.1. The number of benzene rings is 1. The lowest BCUT2D eigenvalue weighted by Gasteiger charge is -2.23. The van der Waals surface area contributed by atoms with Crippen LogP contribution in [0.15, 0.2) is 24.3 Å². The van der Waals surface area contributed by atoms with E-state index < -0.39 is 11.8 Å². The van der Waals surface area contributed by atoms with Crippen molar-refractivity contribution < 1.29 is 19.1 Å². The molecule has 2 N–H and O–H groups in total. The molecule has 152 valence electrons. The number of hydrogen-bond donors (Lipinski definition) is 2. The highest BCUT2D eigenvalue weighted by atomic mass is 16.5. The van der Waals surface area contributed by atoms with E-state index >= 15 is 0 Å². The third kappa shape index (κ3) is 4.62. The Kier molecular flexibility index (Phi) is 6.33. The maximum atomic E-state index is 12.5. The van der Waals surface area contributed by atoms with Gasteiger partial charge in [0.1, 0.15) is 0 Å². The number of ether oxygens (including phenoxy) is 2. The van der Waals surface area contributed by atoms with E-state index in [0.29, 0.717) is 17.1 Å². The Morgan fingerprint density at radius 1 is 1.00 bits per heavy atom. The van der Waals surface area contributed by atoms with Crippen LogP contribution in [0, 0.1) is 0 Å². The van der Waals surface area contributed by atoms with E-state index in [0.717, 1.165) is 5.69 Å². The number of rotatable bonds is 5. The van der Waals surface area contributed by atoms with Gasteiger partial charge >= 0.3 is 0 Å². The van der Waals surface area contributed by atoms with Gasteiger partial charge in [-0.25, -0.2) is 0 Å². The Labute approximate surface area is 165 Å². The number of nitrogens with one attached hydrogen (secondary N) is 2. The standard InChI is InChI=1S/C20H28N4O4/c1-12(2)15-11-14(23-24(15)20(3,4)5)19(26)22-21-18(25)13-8-9-16(27-6)17(10-13)28-7/h8-12H,1-7H3,(H,21,25)(H,22,26). The number of hydrogen-bond acceptors (Lipinski definition) is 5. The predicted octanol–water partition coefficient (Wildman–Crippen LogP) is 2.85. The van der Waals surface area contributed by atoms with Crippen molar-refractivity contribution in [3.8, 4) is 11.5 Å². The van der Waals surface area contributed by atoms with Crippen LogP contribution in [0.25, 0.3) is 0 Å². The van der Waals surface area contributed by atoms with Crippen molar-refractivity contribution in [1.29, 1.82) is 0 Å². The first kappa shape index (κ1) is 21.3. The first-order valence-electron chi connectivity index (χ1n) is 9.01. The summed E-state index contributed by atoms with van der Waals surface area (Å²) < 4.78 is 12.2. The monoisotopic (exact) mass is 388 g/mol. The first-order valence-corrected chi connectivity index (χ1v) is 9.01. The van der Waals surface area contributed by atoms with Crippen molar-refractivity contribution >= 4 is 11.8 Å². The highest BCUT2D eigenvalue weighted by Gasteiger charge is 2.24. The molecule has 8 nitrogen and oxygen atoms in total. The number of amides is 2. The zero-order valence-electron chi connectivity index (χ0n) is 17.4. The van der Waals surface area contributed by atoms with Crippen LogP contribution in [0.4, 0.5) is 0 Å². The number of carbonyl (C=O) groups is 2. The summed E-state index contributed by atoms with van der Waals surface area (Å²) in [5, 5.41) is 4.42. The maximum absolute atomic E-state index is 12.5. The van der Waals surface area contributed by atoms with Gasteiger partial charge in [-0.3, -0.25) is 25.1 Å². The van der Waals surface area contributed by atoms with E-state index in [1.54, 1.807) is 18.2 Å². The molecule has 0 atom stereocenters. The molecule has 2 amide bonds. The lowest BCUT2D eigenvalue weighted by molar-refractivity contribution is 0.0843. The zero-order chi connectivity index (χ0) is 21.1. The fourth-order valence-electron chi connectivity index (χ4n) is 2.68. The Morgan fingerprint density at radius 3 is 2.11 bits per heavy atom. The van der Waals surface area contributed by atoms with Gasteiger partial charge < -0.3 is 9.47 Å². The summed E-state index contributed by atoms with van der Waals surface area (Å²) in [5.74, 6) is 0.172. The minimum Gasteiger partial charge on any atom is -0.493 e. The molecule has 28 heavy (non-hydrogen) atoms. The van der Waals surface area contributed by atoms with Crippen LogP contribution < -0.4 is 20.3 Å². The van der Waals surface area contributed by atoms with Gasteiger partial charge in [-0.05, 0) is 51.0 Å². The lowest BCUT2D eigenvalue weighted by Crippen LogP contribution is -2.42. The van der Waals surface area contributed by atoms with Gasteiger partial charge in [-0.2, -0.15) is 5.10 Å². The molecule has 0 aliphatic carbocycles. The Balaban J connectivity index is 2.13. The summed E-state index contributed by atoms with van der Waals surface area (Å²) >= 11 is 0. The first-order chi connectivity index (χ1) is 13.1. The molecular weight excluding hydrogens is 360 g/mol. The molecular formula is C20H28N4O4. The molecule has 2 rings (SSSR count). The molecule has 8 heteroatoms. The second kappa shape index (κ2) is 8.33. The summed E-state index contributed by atoms with van der Waals surface area (Å²) in [5.41, 5.74) is 6.05. The van der Waals surface area contributed by atoms with Crippen LogP contribution in [-0.4, -0.2) is 35.8 Å². The largest absolute Gasteiger partial charge is 0.493 e. The van der Waals surface area contributed by atoms with Gasteiger partial charge in [-0.1, -0.05) is 13.8 Å². The van der Waals surface area contributed by atoms with Crippen molar-refractivity contribution in [3.05, 3.63) is 41.2 Å². The molecule has 1 aromatic carbocycles. The minimum absolute atomic E-state index is 0.203. The molecule has 0 fully saturated rings. The van der Waals surface area contributed by atoms with Crippen molar-refractivity contribution in [2.24, 2.45) is 0 Å². The molecule has 0 saturated carbocycles. The van der Waals surface area contributed by atoms with Crippen molar-refractivity contribution in [2.45, 2.75) is 46.1 Å². The summed E-state index contributed by atoms with van der Waals surface area (Å²) in [7, 11) is 3.00. The second-order valence-corrected chi connectivity index (χ2v) is 7.67. The number of carbonyl (C=O) groups excluding carboxylic acids is 2. The van der Waals surface area contributed by atoms with Gasteiger partial charge in [-0.15, -0.1) is 0 Å². The predicted molar refractivity (Wildman–Crippen MR) is 106 cm³/mol. The second-order valence-electron chi connectivity index (χ2n) is 7.67. The molecule has 0 spiro atoms. The smallest absolute Gasteiger partial charge is 0.290 e. The summed E-state index contributed by atoms with van der Waals surface area (Å²) in [6.45, 7) is 10.1. The fraction of sp³-hybridized carbons (Fsp3) is 0.450. The Bertz CT molecular complexity index is 866. The molecule has 0 radical (unpaired) electrons. The highest BCUT2D eigenvalue weighted by Crippen LogP contribution is 2.27. The Morgan fingerprint density at radius 2 is 1.61 bits per heavy atom. The van der Waals surface area contributed by atoms with E-state index in [2.05, 4.69) is 16.0 Å². The van der Waals surface area contributed by atoms with E-state index in [1.807, 2.05) is 39.3 Å². The van der Waals surface area contributed by atoms with E-state index in [9.17, 15) is 9.59 Å². The SMILES string of the molecule is COc1ccc(C(=O)NNC(=O)c2cc(C(C)C)n(C(C)(C)C)n2)cc1OC. The van der Waals surface area contributed by atoms with Crippen molar-refractivity contribution in [3.63, 3.8) is 0 Å². The molecule has 1 aromatic heterocycles. The van der Waals surface area contributed by atoms with Gasteiger partial charge in [0.05, 0.1) is 19.8 Å². The van der Waals surface area contributed by atoms with Crippen LogP contribution >= 0.6 is 0 Å². The van der Waals surface area contributed by atoms with Gasteiger partial charge in [0.15, 0.2) is 17.2 Å². The zero-order valence-corrected chi connectivity index (χ0v) is 17.4. The number of aromatic nitrogens is 2. The summed E-state index contributed by atoms with van der Waals surface area (Å²) in [6.07, 6.45) is 0. The molecule has 0 saturated heterocycles. The van der Waals surface area contributed by atoms with E-state index in [1.165, 1.54) is 20.3 Å². The number of nitrogens with zero attached hydrogens (tertiary/aromatic N) is 2. The molecule has 0 aliphatic rings. The molecule has 0 aliphatic heterocycles. The molecule has 0 bridgehead atoms. The van der Waals surface area contributed by atoms with Crippen LogP contribution in [0.2, 0.25) is 0 Å². The third-order valence-corrected chi connectivity index (χ3v) is 4.13. The average molecular weight is 388 g/mol. The van der Waals surface area contributed by atoms with Gasteiger partial charge in [0.2, 0.25) is 0 Å². The van der Waals surface area contributed by atoms with Crippen molar-refractivity contribution in [2.75, 3.05) is 14.2 Å². The van der Waals surface area contributed by atoms with Crippen LogP contribution in [0.1, 0.15) is 67.1 Å². The van der Waals surface area contributed by atoms with Crippen LogP contribution in [0.5, 0.6) is 11.5 Å². The maximum Gasteiger partial charge on any atom is 0.290 e. The van der Waals surface area contributed by atoms with Crippen molar-refractivity contribution in [1.82, 2.24) is 20.6 Å². The molecule has 2 aromatic rings. The van der Waals surface area contributed by atoms with Gasteiger partial charge in [0, 0.05) is 11.3 Å². The highest BCUT2D eigenvalue weighted by molar-refractivity contribution is 5.98. The summed E-state index contributed by atoms with van der Waals surface area (Å²) in [4.78, 5) is 24.8. The normalized spacial score (nSPS) is 11.3. The topological polar surface area (TPSA) is 94.5 Å². The average Bonchev–Trinajstić information content (AvgIpc) is 3.11. The minimum atomic E-state index is -0.487. The van der Waals surface area contributed by atoms with Crippen LogP contribution in [-0.2, 0) is 5.54 Å². The molecule has 1 heterocycles. The van der Waals surface area contributed by atoms with Gasteiger partial charge in [0.25, 0.3) is 11.8 Å². The van der Waals surface area contributed by atoms with E-state index in [4.69, 9.17) is 9.47 Å². The van der Waals surface area contributed by atoms with E-state index in [-0.39, 0.29) is 17.2 Å². The number of hydrazine groups is 1. The third-order valence-electron chi connectivity index (χ3n) is 4.13. The number of methoxy groups -OCH3 is 2. The summed E-state index contributed by atoms with van der Waals surface area (Å²) in [6, 6.07) is 6.48.